The van der Waals surface area contributed by atoms with E-state index in [1.165, 1.54) is 12.1 Å². The number of carbonyl (C=O) groups excluding carboxylic acids is 1. The van der Waals surface area contributed by atoms with Gasteiger partial charge in [-0.25, -0.2) is 4.79 Å². The SMILES string of the molecule is C[C@H](C#N)C[C@H](NC(=O)c1ccc(Cl)cc1)C(=O)O. The first kappa shape index (κ1) is 15.0. The lowest BCUT2D eigenvalue weighted by atomic mass is 10.0. The first-order valence-corrected chi connectivity index (χ1v) is 6.00. The second-order valence-corrected chi connectivity index (χ2v) is 4.57. The average Bonchev–Trinajstić information content (AvgIpc) is 2.38. The van der Waals surface area contributed by atoms with Crippen LogP contribution in [-0.4, -0.2) is 23.0 Å². The van der Waals surface area contributed by atoms with Crippen molar-refractivity contribution in [2.24, 2.45) is 5.92 Å². The molecule has 0 aliphatic heterocycles. The summed E-state index contributed by atoms with van der Waals surface area (Å²) in [5.74, 6) is -2.12. The third-order valence-electron chi connectivity index (χ3n) is 2.52. The summed E-state index contributed by atoms with van der Waals surface area (Å²) < 4.78 is 0. The minimum atomic E-state index is -1.16. The molecule has 0 saturated heterocycles. The van der Waals surface area contributed by atoms with Crippen LogP contribution in [0.1, 0.15) is 23.7 Å². The maximum atomic E-state index is 11.8. The van der Waals surface area contributed by atoms with Crippen LogP contribution in [-0.2, 0) is 4.79 Å². The van der Waals surface area contributed by atoms with Gasteiger partial charge in [0.2, 0.25) is 0 Å². The Labute approximate surface area is 115 Å². The van der Waals surface area contributed by atoms with E-state index in [-0.39, 0.29) is 6.42 Å². The number of carboxylic acid groups (broad SMARTS) is 1. The highest BCUT2D eigenvalue weighted by atomic mass is 35.5. The maximum absolute atomic E-state index is 11.8. The fourth-order valence-electron chi connectivity index (χ4n) is 1.47. The number of nitrogens with one attached hydrogen (secondary N) is 1. The fourth-order valence-corrected chi connectivity index (χ4v) is 1.60. The molecule has 0 saturated carbocycles. The van der Waals surface area contributed by atoms with Gasteiger partial charge in [0.1, 0.15) is 6.04 Å². The van der Waals surface area contributed by atoms with E-state index in [0.717, 1.165) is 0 Å². The molecular formula is C13H13ClN2O3. The first-order valence-electron chi connectivity index (χ1n) is 5.63. The van der Waals surface area contributed by atoms with Crippen molar-refractivity contribution in [1.29, 1.82) is 5.26 Å². The Bertz CT molecular complexity index is 508. The van der Waals surface area contributed by atoms with Gasteiger partial charge in [-0.15, -0.1) is 0 Å². The van der Waals surface area contributed by atoms with Gasteiger partial charge >= 0.3 is 5.97 Å². The van der Waals surface area contributed by atoms with Crippen molar-refractivity contribution in [3.8, 4) is 6.07 Å². The zero-order valence-corrected chi connectivity index (χ0v) is 11.0. The minimum Gasteiger partial charge on any atom is -0.480 e. The van der Waals surface area contributed by atoms with Crippen molar-refractivity contribution in [3.05, 3.63) is 34.9 Å². The quantitative estimate of drug-likeness (QED) is 0.864. The number of halogens is 1. The molecule has 1 aromatic rings. The molecule has 2 N–H and O–H groups in total. The number of hydrogen-bond donors (Lipinski definition) is 2. The molecule has 0 unspecified atom stereocenters. The van der Waals surface area contributed by atoms with Crippen molar-refractivity contribution in [2.75, 3.05) is 0 Å². The van der Waals surface area contributed by atoms with Crippen molar-refractivity contribution >= 4 is 23.5 Å². The monoisotopic (exact) mass is 280 g/mol. The van der Waals surface area contributed by atoms with E-state index in [9.17, 15) is 9.59 Å². The largest absolute Gasteiger partial charge is 0.480 e. The van der Waals surface area contributed by atoms with E-state index < -0.39 is 23.8 Å². The average molecular weight is 281 g/mol. The highest BCUT2D eigenvalue weighted by Crippen LogP contribution is 2.11. The molecule has 19 heavy (non-hydrogen) atoms. The molecule has 5 nitrogen and oxygen atoms in total. The predicted molar refractivity (Wildman–Crippen MR) is 69.7 cm³/mol. The second-order valence-electron chi connectivity index (χ2n) is 4.14. The molecule has 1 rings (SSSR count). The van der Waals surface area contributed by atoms with Gasteiger partial charge in [0, 0.05) is 16.5 Å². The van der Waals surface area contributed by atoms with E-state index in [2.05, 4.69) is 5.32 Å². The lowest BCUT2D eigenvalue weighted by Gasteiger charge is -2.15. The van der Waals surface area contributed by atoms with E-state index >= 15 is 0 Å². The predicted octanol–water partition coefficient (Wildman–Crippen LogP) is 2.07. The fraction of sp³-hybridized carbons (Fsp3) is 0.308. The molecule has 1 aromatic carbocycles. The Morgan fingerprint density at radius 2 is 2.00 bits per heavy atom. The number of nitriles is 1. The maximum Gasteiger partial charge on any atom is 0.326 e. The van der Waals surface area contributed by atoms with Crippen molar-refractivity contribution in [2.45, 2.75) is 19.4 Å². The molecular weight excluding hydrogens is 268 g/mol. The van der Waals surface area contributed by atoms with E-state index in [0.29, 0.717) is 10.6 Å². The molecule has 0 aliphatic rings. The van der Waals surface area contributed by atoms with E-state index in [4.69, 9.17) is 22.0 Å². The Hall–Kier alpha value is -2.06. The van der Waals surface area contributed by atoms with Crippen LogP contribution in [0.4, 0.5) is 0 Å². The molecule has 6 heteroatoms. The summed E-state index contributed by atoms with van der Waals surface area (Å²) in [5, 5.41) is 20.6. The zero-order chi connectivity index (χ0) is 14.4. The Morgan fingerprint density at radius 3 is 2.47 bits per heavy atom. The Kier molecular flexibility index (Phi) is 5.34. The number of carbonyl (C=O) groups is 2. The number of rotatable bonds is 5. The van der Waals surface area contributed by atoms with Crippen LogP contribution < -0.4 is 5.32 Å². The van der Waals surface area contributed by atoms with Gasteiger partial charge in [0.05, 0.1) is 6.07 Å². The smallest absolute Gasteiger partial charge is 0.326 e. The van der Waals surface area contributed by atoms with Gasteiger partial charge in [-0.2, -0.15) is 5.26 Å². The molecule has 0 aromatic heterocycles. The van der Waals surface area contributed by atoms with Crippen LogP contribution in [0.15, 0.2) is 24.3 Å². The summed E-state index contributed by atoms with van der Waals surface area (Å²) >= 11 is 5.70. The third kappa shape index (κ3) is 4.60. The summed E-state index contributed by atoms with van der Waals surface area (Å²) in [7, 11) is 0. The Balaban J connectivity index is 2.74. The number of nitrogens with zero attached hydrogens (tertiary/aromatic N) is 1. The normalized spacial score (nSPS) is 13.1. The molecule has 0 heterocycles. The summed E-state index contributed by atoms with van der Waals surface area (Å²) in [6.07, 6.45) is 0.0607. The summed E-state index contributed by atoms with van der Waals surface area (Å²) in [6, 6.07) is 6.95. The number of hydrogen-bond acceptors (Lipinski definition) is 3. The highest BCUT2D eigenvalue weighted by Gasteiger charge is 2.22. The molecule has 0 fully saturated rings. The molecule has 0 bridgehead atoms. The van der Waals surface area contributed by atoms with Crippen LogP contribution in [0.25, 0.3) is 0 Å². The van der Waals surface area contributed by atoms with Gasteiger partial charge in [-0.1, -0.05) is 11.6 Å². The lowest BCUT2D eigenvalue weighted by Crippen LogP contribution is -2.41. The summed E-state index contributed by atoms with van der Waals surface area (Å²) in [5.41, 5.74) is 0.320. The van der Waals surface area contributed by atoms with Gasteiger partial charge in [0.25, 0.3) is 5.91 Å². The highest BCUT2D eigenvalue weighted by molar-refractivity contribution is 6.30. The van der Waals surface area contributed by atoms with Crippen LogP contribution >= 0.6 is 11.6 Å². The van der Waals surface area contributed by atoms with Gasteiger partial charge in [-0.05, 0) is 37.6 Å². The van der Waals surface area contributed by atoms with Crippen molar-refractivity contribution in [1.82, 2.24) is 5.32 Å². The number of amides is 1. The topological polar surface area (TPSA) is 90.2 Å². The van der Waals surface area contributed by atoms with Crippen LogP contribution in [0, 0.1) is 17.2 Å². The van der Waals surface area contributed by atoms with Crippen molar-refractivity contribution in [3.63, 3.8) is 0 Å². The summed E-state index contributed by atoms with van der Waals surface area (Å²) in [4.78, 5) is 22.9. The van der Waals surface area contributed by atoms with E-state index in [1.54, 1.807) is 19.1 Å². The van der Waals surface area contributed by atoms with E-state index in [1.807, 2.05) is 6.07 Å². The minimum absolute atomic E-state index is 0.0607. The Morgan fingerprint density at radius 1 is 1.42 bits per heavy atom. The molecule has 0 radical (unpaired) electrons. The number of carboxylic acids is 1. The third-order valence-corrected chi connectivity index (χ3v) is 2.77. The number of benzene rings is 1. The van der Waals surface area contributed by atoms with Crippen molar-refractivity contribution < 1.29 is 14.7 Å². The molecule has 0 spiro atoms. The van der Waals surface area contributed by atoms with Crippen LogP contribution in [0.3, 0.4) is 0 Å². The van der Waals surface area contributed by atoms with Crippen LogP contribution in [0.2, 0.25) is 5.02 Å². The first-order chi connectivity index (χ1) is 8.93. The van der Waals surface area contributed by atoms with Gasteiger partial charge in [0.15, 0.2) is 0 Å². The number of aliphatic carboxylic acids is 1. The van der Waals surface area contributed by atoms with Gasteiger partial charge < -0.3 is 10.4 Å². The summed E-state index contributed by atoms with van der Waals surface area (Å²) in [6.45, 7) is 1.60. The molecule has 1 amide bonds. The zero-order valence-electron chi connectivity index (χ0n) is 10.3. The lowest BCUT2D eigenvalue weighted by molar-refractivity contribution is -0.139. The molecule has 100 valence electrons. The van der Waals surface area contributed by atoms with Gasteiger partial charge in [-0.3, -0.25) is 4.79 Å². The standard InChI is InChI=1S/C13H13ClN2O3/c1-8(7-15)6-11(13(18)19)16-12(17)9-2-4-10(14)5-3-9/h2-5,8,11H,6H2,1H3,(H,16,17)(H,18,19)/t8-,11-/m0/s1. The van der Waals surface area contributed by atoms with Crippen LogP contribution in [0.5, 0.6) is 0 Å². The second kappa shape index (κ2) is 6.76. The molecule has 2 atom stereocenters. The molecule has 0 aliphatic carbocycles.